The standard InChI is InChI=1S/C24H22ClFN6O.C21H17FN4O2.C21H16FN3.C20H14ClFN4O2.C18H9ClFN5/c1-31-10-6-16(7-11-31)29-24(33)18-14-28-32-12-8-21(30-23(18)32)17-3-2-9-27-22(17)15-4-5-20(26)19(25)13-15;1-3-28-21(27)16-12-24-26-10-8-18(25-20(16)26)15-5-4-9-23-19(15)14-6-7-17(22)13(2)11-14;22-19-8-7-15(13-18(19)14-5-6-14)16-3-1-2-4-17(16)20-10-12-25-21(24-20)9-11-23-25;1-2-28-20(27)14-11-24-26-9-7-17(25-19(14)26)13-4-3-8-23-18(13)12-5-6-16(22)15(21)10-12;1-21-16-10-23-25-8-6-15(24-18(16)25)12-3-2-7-22-17(12)11-4-5-14(20)13(19)9-11/h2-5,8-9,12-14,16H,6-7,10-11H2,1H3,(H,29,33);4-12H,3H2,1-2H3;1-4,7-14H,5-6H2;3-11H,2H2,1H3;2-10H. The van der Waals surface area contributed by atoms with Crippen LogP contribution in [0.15, 0.2) is 287 Å². The van der Waals surface area contributed by atoms with Crippen LogP contribution in [0.4, 0.5) is 27.6 Å². The number of hydrogen-bond acceptors (Lipinski definition) is 20. The lowest BCUT2D eigenvalue weighted by atomic mass is 9.95. The van der Waals surface area contributed by atoms with E-state index in [1.807, 2.05) is 79.0 Å². The molecule has 20 aromatic rings. The lowest BCUT2D eigenvalue weighted by Gasteiger charge is -2.29. The van der Waals surface area contributed by atoms with Gasteiger partial charge in [0.05, 0.1) is 117 Å². The molecule has 27 nitrogen and oxygen atoms in total. The Morgan fingerprint density at radius 3 is 1.22 bits per heavy atom. The summed E-state index contributed by atoms with van der Waals surface area (Å²) in [6.07, 6.45) is 27.1. The number of hydrogen-bond donors (Lipinski definition) is 1. The van der Waals surface area contributed by atoms with Crippen LogP contribution in [0, 0.1) is 42.6 Å². The van der Waals surface area contributed by atoms with Crippen LogP contribution in [0.1, 0.15) is 87.6 Å². The molecule has 0 unspecified atom stereocenters. The molecule has 139 heavy (non-hydrogen) atoms. The van der Waals surface area contributed by atoms with E-state index in [9.17, 15) is 36.3 Å². The number of nitrogens with one attached hydrogen (secondary N) is 1. The van der Waals surface area contributed by atoms with E-state index < -0.39 is 29.4 Å². The molecule has 1 amide bonds. The Kier molecular flexibility index (Phi) is 27.6. The predicted octanol–water partition coefficient (Wildman–Crippen LogP) is 22.5. The molecule has 2 aliphatic rings. The second-order valence-electron chi connectivity index (χ2n) is 32.1. The lowest BCUT2D eigenvalue weighted by Crippen LogP contribution is -2.43. The summed E-state index contributed by atoms with van der Waals surface area (Å²) in [5, 5.41) is 24.1. The quantitative estimate of drug-likeness (QED) is 0.0503. The first-order valence-corrected chi connectivity index (χ1v) is 45.0. The van der Waals surface area contributed by atoms with Crippen molar-refractivity contribution < 1.29 is 45.8 Å². The average Bonchev–Trinajstić information content (AvgIpc) is 1.04. The zero-order valence-electron chi connectivity index (χ0n) is 74.4. The van der Waals surface area contributed by atoms with Gasteiger partial charge in [-0.05, 0) is 259 Å². The maximum atomic E-state index is 14.1. The van der Waals surface area contributed by atoms with Crippen LogP contribution < -0.4 is 5.32 Å². The number of esters is 2. The Morgan fingerprint density at radius 2 is 0.784 bits per heavy atom. The number of nitrogens with zero attached hydrogens (tertiary/aromatic N) is 21. The fourth-order valence-electron chi connectivity index (χ4n) is 15.9. The van der Waals surface area contributed by atoms with Crippen LogP contribution in [-0.4, -0.2) is 155 Å². The molecule has 22 rings (SSSR count). The fraction of sp³-hybridized carbons (Fsp3) is 0.135. The molecule has 0 radical (unpaired) electrons. The molecule has 15 heterocycles. The van der Waals surface area contributed by atoms with Gasteiger partial charge >= 0.3 is 11.9 Å². The highest BCUT2D eigenvalue weighted by Gasteiger charge is 2.29. The van der Waals surface area contributed by atoms with Crippen LogP contribution in [-0.2, 0) is 9.47 Å². The monoisotopic (exact) mass is 1910 g/mol. The Bertz CT molecular complexity index is 7930. The predicted molar refractivity (Wildman–Crippen MR) is 518 cm³/mol. The van der Waals surface area contributed by atoms with E-state index in [1.54, 1.807) is 175 Å². The minimum Gasteiger partial charge on any atom is -0.462 e. The molecule has 1 aliphatic heterocycles. The second-order valence-corrected chi connectivity index (χ2v) is 33.3. The first-order chi connectivity index (χ1) is 67.6. The number of ether oxygens (including phenoxy) is 2. The molecule has 0 bridgehead atoms. The average molecular weight is 1920 g/mol. The number of carbonyl (C=O) groups is 3. The number of likely N-dealkylation sites (tertiary alicyclic amines) is 1. The molecule has 6 aromatic carbocycles. The maximum absolute atomic E-state index is 14.1. The Labute approximate surface area is 805 Å². The van der Waals surface area contributed by atoms with Crippen molar-refractivity contribution in [1.29, 1.82) is 0 Å². The van der Waals surface area contributed by atoms with Crippen LogP contribution in [0.2, 0.25) is 15.1 Å². The number of piperidine rings is 1. The van der Waals surface area contributed by atoms with Gasteiger partial charge in [0, 0.05) is 118 Å². The summed E-state index contributed by atoms with van der Waals surface area (Å²) in [5.41, 5.74) is 20.1. The van der Waals surface area contributed by atoms with Crippen molar-refractivity contribution in [3.05, 3.63) is 370 Å². The third kappa shape index (κ3) is 20.4. The number of fused-ring (bicyclic) bond motifs is 5. The summed E-state index contributed by atoms with van der Waals surface area (Å²) in [6.45, 7) is 14.8. The highest BCUT2D eigenvalue weighted by Crippen LogP contribution is 2.44. The van der Waals surface area contributed by atoms with Gasteiger partial charge in [0.25, 0.3) is 5.91 Å². The molecule has 0 atom stereocenters. The summed E-state index contributed by atoms with van der Waals surface area (Å²) in [6, 6.07) is 57.6. The van der Waals surface area contributed by atoms with Gasteiger partial charge in [-0.3, -0.25) is 24.7 Å². The number of aromatic nitrogens is 19. The Balaban J connectivity index is 0.000000116. The summed E-state index contributed by atoms with van der Waals surface area (Å²) in [7, 11) is 2.08. The van der Waals surface area contributed by atoms with Crippen molar-refractivity contribution in [2.45, 2.75) is 58.4 Å². The molecule has 1 aliphatic carbocycles. The zero-order chi connectivity index (χ0) is 96.5. The first kappa shape index (κ1) is 92.8. The SMILES string of the molecule is CCOC(=O)c1cnn2ccc(-c3cccnc3-c3ccc(F)c(C)c3)nc12.CCOC(=O)c1cnn2ccc(-c3cccnc3-c3ccc(F)c(Cl)c3)nc12.CN1CCC(NC(=O)c2cnn3ccc(-c4cccnc4-c4ccc(F)c(Cl)c4)nc23)CC1.Fc1ccc(-c2ccccc2-c2ccn3nccc3n2)cc1C1CC1.[C-]#[N+]c1cnn2ccc(-c3cccnc3-c3ccc(F)c(Cl)c3)nc12. The molecule has 1 N–H and O–H groups in total. The van der Waals surface area contributed by atoms with Crippen molar-refractivity contribution in [3.63, 3.8) is 0 Å². The summed E-state index contributed by atoms with van der Waals surface area (Å²) >= 11 is 17.8. The number of pyridine rings is 4. The highest BCUT2D eigenvalue weighted by atomic mass is 35.5. The van der Waals surface area contributed by atoms with E-state index in [-0.39, 0.29) is 57.4 Å². The van der Waals surface area contributed by atoms with E-state index in [0.717, 1.165) is 94.6 Å². The molecular formula is C104H78Cl3F5N22O5. The van der Waals surface area contributed by atoms with E-state index in [2.05, 4.69) is 94.6 Å². The molecule has 690 valence electrons. The zero-order valence-corrected chi connectivity index (χ0v) is 76.7. The highest BCUT2D eigenvalue weighted by molar-refractivity contribution is 6.31. The second kappa shape index (κ2) is 41.3. The van der Waals surface area contributed by atoms with Crippen LogP contribution in [0.25, 0.3) is 146 Å². The van der Waals surface area contributed by atoms with E-state index in [1.165, 1.54) is 64.0 Å². The van der Waals surface area contributed by atoms with Crippen molar-refractivity contribution in [2.75, 3.05) is 33.4 Å². The number of amides is 1. The number of halogens is 8. The van der Waals surface area contributed by atoms with E-state index >= 15 is 0 Å². The molecule has 1 saturated carbocycles. The largest absolute Gasteiger partial charge is 0.462 e. The van der Waals surface area contributed by atoms with Gasteiger partial charge in [0.1, 0.15) is 45.8 Å². The molecule has 1 saturated heterocycles. The van der Waals surface area contributed by atoms with Gasteiger partial charge in [0.15, 0.2) is 28.2 Å². The maximum Gasteiger partial charge on any atom is 0.343 e. The number of rotatable bonds is 17. The van der Waals surface area contributed by atoms with Gasteiger partial charge in [-0.1, -0.05) is 65.1 Å². The van der Waals surface area contributed by atoms with Crippen molar-refractivity contribution in [2.24, 2.45) is 0 Å². The van der Waals surface area contributed by atoms with Gasteiger partial charge in [0.2, 0.25) is 5.69 Å². The smallest absolute Gasteiger partial charge is 0.343 e. The summed E-state index contributed by atoms with van der Waals surface area (Å²) < 4.78 is 86.5. The minimum atomic E-state index is -0.499. The van der Waals surface area contributed by atoms with Gasteiger partial charge in [-0.2, -0.15) is 25.5 Å². The van der Waals surface area contributed by atoms with Crippen molar-refractivity contribution >= 4 is 86.6 Å². The Morgan fingerprint density at radius 1 is 0.403 bits per heavy atom. The van der Waals surface area contributed by atoms with Crippen molar-refractivity contribution in [1.82, 2.24) is 103 Å². The van der Waals surface area contributed by atoms with Crippen LogP contribution in [0.3, 0.4) is 0 Å². The van der Waals surface area contributed by atoms with Gasteiger partial charge in [-0.15, -0.1) is 0 Å². The Hall–Kier alpha value is -16.6. The van der Waals surface area contributed by atoms with E-state index in [4.69, 9.17) is 60.8 Å². The van der Waals surface area contributed by atoms with Crippen LogP contribution in [0.5, 0.6) is 0 Å². The molecular weight excluding hydrogens is 1840 g/mol. The minimum absolute atomic E-state index is 0.0119. The third-order valence-corrected chi connectivity index (χ3v) is 23.9. The number of benzene rings is 6. The molecule has 2 fully saturated rings. The topological polar surface area (TPSA) is 292 Å². The third-order valence-electron chi connectivity index (χ3n) is 23.0. The first-order valence-electron chi connectivity index (χ1n) is 43.9. The van der Waals surface area contributed by atoms with Gasteiger partial charge in [-0.25, -0.2) is 83.9 Å². The molecule has 14 aromatic heterocycles. The summed E-state index contributed by atoms with van der Waals surface area (Å²) in [5.74, 6) is -2.58. The van der Waals surface area contributed by atoms with Gasteiger partial charge < -0.3 is 19.7 Å². The number of aryl methyl sites for hydroxylation is 1. The fourth-order valence-corrected chi connectivity index (χ4v) is 16.4. The molecule has 0 spiro atoms. The van der Waals surface area contributed by atoms with Crippen LogP contribution >= 0.6 is 34.8 Å². The molecule has 35 heteroatoms. The normalized spacial score (nSPS) is 12.5. The van der Waals surface area contributed by atoms with Crippen molar-refractivity contribution in [3.8, 4) is 112 Å². The number of carbonyl (C=O) groups excluding carboxylic acids is 3. The lowest BCUT2D eigenvalue weighted by molar-refractivity contribution is 0.0518. The van der Waals surface area contributed by atoms with E-state index in [0.29, 0.717) is 119 Å². The summed E-state index contributed by atoms with van der Waals surface area (Å²) in [4.78, 5) is 84.0.